The van der Waals surface area contributed by atoms with E-state index in [0.717, 1.165) is 18.6 Å². The maximum atomic E-state index is 5.46. The van der Waals surface area contributed by atoms with Gasteiger partial charge in [0, 0.05) is 29.2 Å². The van der Waals surface area contributed by atoms with E-state index in [-0.39, 0.29) is 0 Å². The number of benzene rings is 1. The highest BCUT2D eigenvalue weighted by Gasteiger charge is 2.21. The molecule has 16 heavy (non-hydrogen) atoms. The van der Waals surface area contributed by atoms with Crippen LogP contribution in [-0.2, 0) is 16.5 Å². The van der Waals surface area contributed by atoms with Crippen molar-refractivity contribution in [2.75, 3.05) is 0 Å². The molecule has 1 aliphatic rings. The van der Waals surface area contributed by atoms with Crippen LogP contribution in [0.2, 0.25) is 0 Å². The zero-order valence-corrected chi connectivity index (χ0v) is 11.2. The Labute approximate surface area is 109 Å². The highest BCUT2D eigenvalue weighted by Crippen LogP contribution is 2.36. The van der Waals surface area contributed by atoms with Crippen LogP contribution < -0.4 is 0 Å². The second kappa shape index (κ2) is 3.80. The van der Waals surface area contributed by atoms with Crippen molar-refractivity contribution < 1.29 is 3.07 Å². The number of allylic oxidation sites excluding steroid dienone is 1. The third-order valence-corrected chi connectivity index (χ3v) is 3.74. The third kappa shape index (κ3) is 1.30. The number of para-hydroxylation sites is 1. The smallest absolute Gasteiger partial charge is 0.192 e. The summed E-state index contributed by atoms with van der Waals surface area (Å²) in [5.41, 5.74) is 3.95. The van der Waals surface area contributed by atoms with Gasteiger partial charge in [-0.1, -0.05) is 18.2 Å². The molecule has 0 bridgehead atoms. The molecule has 3 rings (SSSR count). The molecule has 1 aromatic carbocycles. The first-order valence-electron chi connectivity index (χ1n) is 5.38. The molecule has 1 aliphatic carbocycles. The molecule has 0 N–H and O–H groups in total. The lowest BCUT2D eigenvalue weighted by molar-refractivity contribution is 0.657. The summed E-state index contributed by atoms with van der Waals surface area (Å²) in [6.07, 6.45) is 4.35. The zero-order valence-electron chi connectivity index (χ0n) is 9.03. The van der Waals surface area contributed by atoms with Gasteiger partial charge >= 0.3 is 0 Å². The number of nitrogens with zero attached hydrogens (tertiary/aromatic N) is 1. The van der Waals surface area contributed by atoms with Crippen LogP contribution in [0.5, 0.6) is 0 Å². The topological polar surface area (TPSA) is 14.2 Å². The van der Waals surface area contributed by atoms with Crippen molar-refractivity contribution in [2.45, 2.75) is 12.8 Å². The Morgan fingerprint density at radius 2 is 2.12 bits per heavy atom. The van der Waals surface area contributed by atoms with Crippen molar-refractivity contribution in [3.05, 3.63) is 41.6 Å². The fourth-order valence-corrected chi connectivity index (χ4v) is 2.93. The van der Waals surface area contributed by atoms with Crippen molar-refractivity contribution in [3.63, 3.8) is 0 Å². The minimum Gasteiger partial charge on any atom is -0.427 e. The quantitative estimate of drug-likeness (QED) is 0.727. The molecule has 2 nitrogen and oxygen atoms in total. The molecule has 0 unspecified atom stereocenters. The van der Waals surface area contributed by atoms with Crippen LogP contribution in [0.25, 0.3) is 16.7 Å². The number of aryl methyl sites for hydroxylation is 1. The van der Waals surface area contributed by atoms with Crippen LogP contribution in [0.4, 0.5) is 0 Å². The SMILES string of the molecule is Cn1c2c(c3ccccc31)C(OI)=CCC2. The van der Waals surface area contributed by atoms with Crippen molar-refractivity contribution in [1.29, 1.82) is 0 Å². The molecule has 0 fully saturated rings. The number of halogens is 1. The van der Waals surface area contributed by atoms with Gasteiger partial charge in [0.1, 0.15) is 5.76 Å². The molecule has 0 amide bonds. The van der Waals surface area contributed by atoms with Gasteiger partial charge in [-0.15, -0.1) is 0 Å². The van der Waals surface area contributed by atoms with Crippen molar-refractivity contribution >= 4 is 39.7 Å². The van der Waals surface area contributed by atoms with Gasteiger partial charge in [0.05, 0.1) is 0 Å². The van der Waals surface area contributed by atoms with Crippen molar-refractivity contribution in [2.24, 2.45) is 7.05 Å². The monoisotopic (exact) mass is 325 g/mol. The van der Waals surface area contributed by atoms with Crippen LogP contribution in [-0.4, -0.2) is 4.57 Å². The Balaban J connectivity index is 2.41. The second-order valence-electron chi connectivity index (χ2n) is 4.08. The molecule has 0 radical (unpaired) electrons. The lowest BCUT2D eigenvalue weighted by Gasteiger charge is -2.13. The minimum absolute atomic E-state index is 1.01. The zero-order chi connectivity index (χ0) is 11.1. The first-order valence-corrected chi connectivity index (χ1v) is 6.26. The van der Waals surface area contributed by atoms with Gasteiger partial charge in [-0.3, -0.25) is 0 Å². The molecule has 0 aliphatic heterocycles. The summed E-state index contributed by atoms with van der Waals surface area (Å²) in [5.74, 6) is 1.01. The number of hydrogen-bond donors (Lipinski definition) is 0. The largest absolute Gasteiger partial charge is 0.427 e. The second-order valence-corrected chi connectivity index (χ2v) is 4.52. The van der Waals surface area contributed by atoms with E-state index in [1.807, 2.05) is 23.0 Å². The first-order chi connectivity index (χ1) is 7.83. The molecule has 0 spiro atoms. The van der Waals surface area contributed by atoms with Gasteiger partial charge in [0.25, 0.3) is 0 Å². The molecule has 82 valence electrons. The van der Waals surface area contributed by atoms with Gasteiger partial charge in [0.2, 0.25) is 0 Å². The third-order valence-electron chi connectivity index (χ3n) is 3.27. The number of aromatic nitrogens is 1. The fraction of sp³-hybridized carbons (Fsp3) is 0.231. The van der Waals surface area contributed by atoms with Crippen LogP contribution in [0.3, 0.4) is 0 Å². The molecular formula is C13H12INO. The van der Waals surface area contributed by atoms with Crippen LogP contribution in [0, 0.1) is 0 Å². The van der Waals surface area contributed by atoms with Crippen LogP contribution >= 0.6 is 23.0 Å². The maximum Gasteiger partial charge on any atom is 0.192 e. The van der Waals surface area contributed by atoms with Gasteiger partial charge in [-0.2, -0.15) is 0 Å². The van der Waals surface area contributed by atoms with E-state index >= 15 is 0 Å². The summed E-state index contributed by atoms with van der Waals surface area (Å²) >= 11 is 1.97. The maximum absolute atomic E-state index is 5.46. The molecule has 0 saturated heterocycles. The van der Waals surface area contributed by atoms with E-state index in [9.17, 15) is 0 Å². The number of rotatable bonds is 1. The Morgan fingerprint density at radius 3 is 2.94 bits per heavy atom. The number of fused-ring (bicyclic) bond motifs is 3. The molecule has 1 aromatic heterocycles. The Kier molecular flexibility index (Phi) is 2.42. The molecule has 0 saturated carbocycles. The number of hydrogen-bond acceptors (Lipinski definition) is 1. The van der Waals surface area contributed by atoms with E-state index in [0.29, 0.717) is 0 Å². The Hall–Kier alpha value is -0.970. The lowest BCUT2D eigenvalue weighted by Crippen LogP contribution is -2.02. The van der Waals surface area contributed by atoms with Crippen LogP contribution in [0.1, 0.15) is 17.7 Å². The van der Waals surface area contributed by atoms with Crippen molar-refractivity contribution in [1.82, 2.24) is 4.57 Å². The van der Waals surface area contributed by atoms with Gasteiger partial charge < -0.3 is 7.63 Å². The molecule has 1 heterocycles. The molecule has 3 heteroatoms. The molecule has 2 aromatic rings. The van der Waals surface area contributed by atoms with E-state index in [4.69, 9.17) is 3.07 Å². The van der Waals surface area contributed by atoms with Crippen molar-refractivity contribution in [3.8, 4) is 0 Å². The highest BCUT2D eigenvalue weighted by atomic mass is 127. The lowest BCUT2D eigenvalue weighted by atomic mass is 10.0. The normalized spacial score (nSPS) is 14.8. The predicted molar refractivity (Wildman–Crippen MR) is 74.3 cm³/mol. The summed E-state index contributed by atoms with van der Waals surface area (Å²) < 4.78 is 7.74. The first kappa shape index (κ1) is 10.2. The van der Waals surface area contributed by atoms with Crippen LogP contribution in [0.15, 0.2) is 30.3 Å². The average molecular weight is 325 g/mol. The summed E-state index contributed by atoms with van der Waals surface area (Å²) in [6, 6.07) is 8.51. The summed E-state index contributed by atoms with van der Waals surface area (Å²) in [4.78, 5) is 0. The van der Waals surface area contributed by atoms with E-state index < -0.39 is 0 Å². The fourth-order valence-electron chi connectivity index (χ4n) is 2.53. The van der Waals surface area contributed by atoms with E-state index in [2.05, 4.69) is 42.0 Å². The van der Waals surface area contributed by atoms with E-state index in [1.165, 1.54) is 22.2 Å². The van der Waals surface area contributed by atoms with Gasteiger partial charge in [0.15, 0.2) is 23.0 Å². The summed E-state index contributed by atoms with van der Waals surface area (Å²) in [7, 11) is 2.14. The summed E-state index contributed by atoms with van der Waals surface area (Å²) in [6.45, 7) is 0. The summed E-state index contributed by atoms with van der Waals surface area (Å²) in [5, 5.41) is 1.29. The molecule has 0 atom stereocenters. The van der Waals surface area contributed by atoms with Gasteiger partial charge in [-0.05, 0) is 25.0 Å². The molecular weight excluding hydrogens is 313 g/mol. The van der Waals surface area contributed by atoms with E-state index in [1.54, 1.807) is 0 Å². The Bertz CT molecular complexity index is 583. The highest BCUT2D eigenvalue weighted by molar-refractivity contribution is 14.1. The average Bonchev–Trinajstić information content (AvgIpc) is 2.64. The van der Waals surface area contributed by atoms with Gasteiger partial charge in [-0.25, -0.2) is 0 Å². The Morgan fingerprint density at radius 1 is 1.31 bits per heavy atom. The minimum atomic E-state index is 1.01. The standard InChI is InChI=1S/C13H12INO/c1-15-10-6-3-2-5-9(10)13-11(15)7-4-8-12(13)16-14/h2-3,5-6,8H,4,7H2,1H3. The predicted octanol–water partition coefficient (Wildman–Crippen LogP) is 3.83.